The van der Waals surface area contributed by atoms with Gasteiger partial charge in [0, 0.05) is 17.8 Å². The Hall–Kier alpha value is -3.60. The molecule has 0 bridgehead atoms. The summed E-state index contributed by atoms with van der Waals surface area (Å²) in [5.74, 6) is 0.603. The van der Waals surface area contributed by atoms with Crippen molar-refractivity contribution < 1.29 is 14.3 Å². The fraction of sp³-hybridized carbons (Fsp3) is 0.231. The van der Waals surface area contributed by atoms with Gasteiger partial charge in [0.2, 0.25) is 0 Å². The summed E-state index contributed by atoms with van der Waals surface area (Å²) in [6.07, 6.45) is 0.992. The molecule has 3 aromatic rings. The Balaban J connectivity index is 1.56. The Bertz CT molecular complexity index is 1020. The highest BCUT2D eigenvalue weighted by Gasteiger charge is 2.12. The van der Waals surface area contributed by atoms with Gasteiger partial charge in [-0.25, -0.2) is 0 Å². The molecule has 0 saturated carbocycles. The molecule has 3 aromatic carbocycles. The number of hydrogen-bond donors (Lipinski definition) is 2. The maximum atomic E-state index is 12.4. The number of benzene rings is 3. The molecule has 2 N–H and O–H groups in total. The van der Waals surface area contributed by atoms with E-state index in [4.69, 9.17) is 4.74 Å². The molecule has 3 rings (SSSR count). The monoisotopic (exact) mass is 416 g/mol. The van der Waals surface area contributed by atoms with Crippen molar-refractivity contribution in [3.8, 4) is 5.75 Å². The van der Waals surface area contributed by atoms with Gasteiger partial charge in [0.1, 0.15) is 5.75 Å². The van der Waals surface area contributed by atoms with Crippen LogP contribution < -0.4 is 15.4 Å². The zero-order valence-corrected chi connectivity index (χ0v) is 17.9. The lowest BCUT2D eigenvalue weighted by Gasteiger charge is -2.15. The van der Waals surface area contributed by atoms with Crippen LogP contribution in [-0.4, -0.2) is 18.4 Å². The first-order valence-corrected chi connectivity index (χ1v) is 10.5. The number of amides is 2. The van der Waals surface area contributed by atoms with Crippen LogP contribution in [0.1, 0.15) is 47.7 Å². The second-order valence-corrected chi connectivity index (χ2v) is 7.43. The van der Waals surface area contributed by atoms with E-state index < -0.39 is 0 Å². The highest BCUT2D eigenvalue weighted by Crippen LogP contribution is 2.28. The number of ether oxygens (including phenoxy) is 1. The minimum Gasteiger partial charge on any atom is -0.483 e. The van der Waals surface area contributed by atoms with Gasteiger partial charge >= 0.3 is 0 Å². The van der Waals surface area contributed by atoms with Crippen molar-refractivity contribution in [1.82, 2.24) is 5.32 Å². The molecule has 0 aliphatic heterocycles. The average molecular weight is 417 g/mol. The lowest BCUT2D eigenvalue weighted by atomic mass is 9.98. The lowest BCUT2D eigenvalue weighted by Crippen LogP contribution is -2.23. The van der Waals surface area contributed by atoms with E-state index in [2.05, 4.69) is 24.5 Å². The van der Waals surface area contributed by atoms with Crippen LogP contribution in [0.2, 0.25) is 0 Å². The second kappa shape index (κ2) is 11.0. The van der Waals surface area contributed by atoms with Crippen LogP contribution in [0.5, 0.6) is 5.75 Å². The first-order chi connectivity index (χ1) is 15.1. The second-order valence-electron chi connectivity index (χ2n) is 7.43. The van der Waals surface area contributed by atoms with E-state index in [-0.39, 0.29) is 18.4 Å². The van der Waals surface area contributed by atoms with Gasteiger partial charge in [-0.2, -0.15) is 0 Å². The molecule has 2 amide bonds. The number of rotatable bonds is 9. The van der Waals surface area contributed by atoms with Crippen LogP contribution in [0.3, 0.4) is 0 Å². The molecule has 0 spiro atoms. The van der Waals surface area contributed by atoms with Crippen molar-refractivity contribution in [3.05, 3.63) is 95.6 Å². The Labute approximate surface area is 183 Å². The summed E-state index contributed by atoms with van der Waals surface area (Å²) >= 11 is 0. The van der Waals surface area contributed by atoms with Gasteiger partial charge in [-0.05, 0) is 47.7 Å². The highest BCUT2D eigenvalue weighted by atomic mass is 16.5. The molecule has 5 nitrogen and oxygen atoms in total. The predicted octanol–water partition coefficient (Wildman–Crippen LogP) is 5.15. The molecule has 5 heteroatoms. The highest BCUT2D eigenvalue weighted by molar-refractivity contribution is 5.97. The molecule has 160 valence electrons. The molecular formula is C26H28N2O3. The maximum Gasteiger partial charge on any atom is 0.262 e. The third-order valence-electron chi connectivity index (χ3n) is 5.13. The average Bonchev–Trinajstić information content (AvgIpc) is 2.81. The molecule has 1 unspecified atom stereocenters. The first-order valence-electron chi connectivity index (χ1n) is 10.5. The summed E-state index contributed by atoms with van der Waals surface area (Å²) in [6, 6.07) is 24.4. The number of carbonyl (C=O) groups is 2. The summed E-state index contributed by atoms with van der Waals surface area (Å²) in [5.41, 5.74) is 3.15. The SMILES string of the molecule is CCC(C)c1ccccc1OCC(=O)Nc1cccc(C(=O)NCc2ccccc2)c1. The molecular weight excluding hydrogens is 388 g/mol. The Kier molecular flexibility index (Phi) is 7.82. The number of nitrogens with one attached hydrogen (secondary N) is 2. The zero-order valence-electron chi connectivity index (χ0n) is 17.9. The standard InChI is InChI=1S/C26H28N2O3/c1-3-19(2)23-14-7-8-15-24(23)31-18-25(29)28-22-13-9-12-21(16-22)26(30)27-17-20-10-5-4-6-11-20/h4-16,19H,3,17-18H2,1-2H3,(H,27,30)(H,28,29). The van der Waals surface area contributed by atoms with Crippen LogP contribution in [0, 0.1) is 0 Å². The number of anilines is 1. The fourth-order valence-corrected chi connectivity index (χ4v) is 3.20. The van der Waals surface area contributed by atoms with Crippen LogP contribution in [-0.2, 0) is 11.3 Å². The Morgan fingerprint density at radius 3 is 2.45 bits per heavy atom. The maximum absolute atomic E-state index is 12.4. The molecule has 1 atom stereocenters. The van der Waals surface area contributed by atoms with Crippen LogP contribution in [0.25, 0.3) is 0 Å². The summed E-state index contributed by atoms with van der Waals surface area (Å²) in [6.45, 7) is 4.60. The molecule has 0 aromatic heterocycles. The van der Waals surface area contributed by atoms with Gasteiger partial charge in [-0.3, -0.25) is 9.59 Å². The van der Waals surface area contributed by atoms with E-state index in [9.17, 15) is 9.59 Å². The van der Waals surface area contributed by atoms with Crippen molar-refractivity contribution in [3.63, 3.8) is 0 Å². The third-order valence-corrected chi connectivity index (χ3v) is 5.13. The molecule has 31 heavy (non-hydrogen) atoms. The normalized spacial score (nSPS) is 11.4. The largest absolute Gasteiger partial charge is 0.483 e. The van der Waals surface area contributed by atoms with Crippen molar-refractivity contribution in [2.45, 2.75) is 32.7 Å². The molecule has 0 aliphatic carbocycles. The Morgan fingerprint density at radius 2 is 1.68 bits per heavy atom. The topological polar surface area (TPSA) is 67.4 Å². The van der Waals surface area contributed by atoms with Gasteiger partial charge < -0.3 is 15.4 Å². The quantitative estimate of drug-likeness (QED) is 0.507. The summed E-state index contributed by atoms with van der Waals surface area (Å²) in [5, 5.41) is 5.69. The molecule has 0 saturated heterocycles. The van der Waals surface area contributed by atoms with Crippen LogP contribution in [0.4, 0.5) is 5.69 Å². The van der Waals surface area contributed by atoms with Gasteiger partial charge in [0.05, 0.1) is 0 Å². The predicted molar refractivity (Wildman–Crippen MR) is 123 cm³/mol. The van der Waals surface area contributed by atoms with Gasteiger partial charge in [0.15, 0.2) is 6.61 Å². The van der Waals surface area contributed by atoms with Gasteiger partial charge in [-0.15, -0.1) is 0 Å². The van der Waals surface area contributed by atoms with Crippen molar-refractivity contribution in [2.75, 3.05) is 11.9 Å². The Morgan fingerprint density at radius 1 is 0.935 bits per heavy atom. The van der Waals surface area contributed by atoms with Gasteiger partial charge in [0.25, 0.3) is 11.8 Å². The summed E-state index contributed by atoms with van der Waals surface area (Å²) in [4.78, 5) is 24.8. The number of carbonyl (C=O) groups excluding carboxylic acids is 2. The van der Waals surface area contributed by atoms with E-state index in [0.29, 0.717) is 23.7 Å². The van der Waals surface area contributed by atoms with Crippen molar-refractivity contribution >= 4 is 17.5 Å². The van der Waals surface area contributed by atoms with E-state index in [1.54, 1.807) is 24.3 Å². The molecule has 0 heterocycles. The lowest BCUT2D eigenvalue weighted by molar-refractivity contribution is -0.118. The summed E-state index contributed by atoms with van der Waals surface area (Å²) in [7, 11) is 0. The third kappa shape index (κ3) is 6.44. The van der Waals surface area contributed by atoms with Crippen molar-refractivity contribution in [2.24, 2.45) is 0 Å². The minimum absolute atomic E-state index is 0.0993. The van der Waals surface area contributed by atoms with Crippen molar-refractivity contribution in [1.29, 1.82) is 0 Å². The van der Waals surface area contributed by atoms with E-state index in [1.165, 1.54) is 0 Å². The van der Waals surface area contributed by atoms with Gasteiger partial charge in [-0.1, -0.05) is 68.4 Å². The molecule has 0 fully saturated rings. The number of para-hydroxylation sites is 1. The smallest absolute Gasteiger partial charge is 0.262 e. The van der Waals surface area contributed by atoms with E-state index in [0.717, 1.165) is 23.3 Å². The number of hydrogen-bond acceptors (Lipinski definition) is 3. The first kappa shape index (κ1) is 22.1. The zero-order chi connectivity index (χ0) is 22.1. The van der Waals surface area contributed by atoms with E-state index >= 15 is 0 Å². The minimum atomic E-state index is -0.277. The van der Waals surface area contributed by atoms with E-state index in [1.807, 2.05) is 54.6 Å². The fourth-order valence-electron chi connectivity index (χ4n) is 3.20. The van der Waals surface area contributed by atoms with Crippen LogP contribution in [0.15, 0.2) is 78.9 Å². The molecule has 0 radical (unpaired) electrons. The molecule has 0 aliphatic rings. The summed E-state index contributed by atoms with van der Waals surface area (Å²) < 4.78 is 5.77. The van der Waals surface area contributed by atoms with Crippen LogP contribution >= 0.6 is 0 Å².